The number of nitrogens with zero attached hydrogens (tertiary/aromatic N) is 5. The number of carboxylic acid groups (broad SMARTS) is 1. The number of aliphatic carboxylic acids is 1. The third kappa shape index (κ3) is 15.7. The van der Waals surface area contributed by atoms with Gasteiger partial charge in [-0.05, 0) is 98.9 Å². The first kappa shape index (κ1) is 60.6. The molecule has 0 atom stereocenters. The Kier molecular flexibility index (Phi) is 20.4. The molecule has 2 aliphatic carbocycles. The van der Waals surface area contributed by atoms with Gasteiger partial charge in [0.25, 0.3) is 11.8 Å². The second-order valence-electron chi connectivity index (χ2n) is 19.8. The number of sulfonamides is 2. The Morgan fingerprint density at radius 1 is 0.737 bits per heavy atom. The summed E-state index contributed by atoms with van der Waals surface area (Å²) in [6.45, 7) is 6.93. The predicted octanol–water partition coefficient (Wildman–Crippen LogP) is 8.08. The number of hydrogen-bond acceptors (Lipinski definition) is 13. The van der Waals surface area contributed by atoms with Crippen LogP contribution >= 0.6 is 58.3 Å². The summed E-state index contributed by atoms with van der Waals surface area (Å²) in [7, 11) is -7.51. The van der Waals surface area contributed by atoms with Gasteiger partial charge in [-0.25, -0.2) is 39.2 Å². The smallest absolute Gasteiger partial charge is 0.329 e. The van der Waals surface area contributed by atoms with Gasteiger partial charge in [0, 0.05) is 84.0 Å². The van der Waals surface area contributed by atoms with Gasteiger partial charge in [-0.2, -0.15) is 8.61 Å². The first-order valence-corrected chi connectivity index (χ1v) is 30.1. The van der Waals surface area contributed by atoms with Gasteiger partial charge in [0.1, 0.15) is 23.0 Å². The molecule has 76 heavy (non-hydrogen) atoms. The number of alkyl halides is 4. The number of halogens is 7. The van der Waals surface area contributed by atoms with Gasteiger partial charge < -0.3 is 24.8 Å². The molecular weight excluding hydrogens is 1140 g/mol. The van der Waals surface area contributed by atoms with Crippen LogP contribution < -0.4 is 5.32 Å². The van der Waals surface area contributed by atoms with Crippen LogP contribution in [0.3, 0.4) is 0 Å². The lowest BCUT2D eigenvalue weighted by molar-refractivity contribution is -0.142. The van der Waals surface area contributed by atoms with Crippen LogP contribution in [0.15, 0.2) is 58.3 Å². The maximum atomic E-state index is 13.3. The van der Waals surface area contributed by atoms with E-state index in [2.05, 4.69) is 11.4 Å². The fourth-order valence-electron chi connectivity index (χ4n) is 9.52. The van der Waals surface area contributed by atoms with Crippen LogP contribution in [0.2, 0.25) is 10.0 Å². The van der Waals surface area contributed by atoms with Gasteiger partial charge in [0.2, 0.25) is 26.0 Å². The van der Waals surface area contributed by atoms with Gasteiger partial charge >= 0.3 is 5.97 Å². The molecule has 0 unspecified atom stereocenters. The van der Waals surface area contributed by atoms with Gasteiger partial charge in [0.15, 0.2) is 0 Å². The van der Waals surface area contributed by atoms with Crippen molar-refractivity contribution in [3.05, 3.63) is 100 Å². The summed E-state index contributed by atoms with van der Waals surface area (Å²) in [5.41, 5.74) is 3.61. The first-order valence-electron chi connectivity index (χ1n) is 24.8. The van der Waals surface area contributed by atoms with Crippen molar-refractivity contribution in [2.24, 2.45) is 0 Å². The van der Waals surface area contributed by atoms with Crippen molar-refractivity contribution < 1.29 is 58.6 Å². The second kappa shape index (κ2) is 25.6. The standard InChI is InChI=1S/C25H30ClF2N3O4S2.C14H18ClNO5S.C11H14F2N2S.ClH/c1-17-3-2-4-21(26)24(17)37(33,34)31(19-5-6-19)9-10-35-14-23(32)30-8-7-22-18(12-30)11-20(36-22)13-29-15-25(27,28)16-29;1-10-3-2-4-12(15)14(10)22(19,20)16(11-5-6-11)7-8-21-9-13(17)18;12-11(13)6-15(7-11)5-9-3-8-4-14-2-1-10(8)16-9;/h2-4,11,19H,5-10,12-16H2,1H3;2-4,11H,5-9H2,1H3,(H,17,18);3,14H,1-2,4-7H2;1H. The number of benzene rings is 2. The number of aryl methyl sites for hydroxylation is 2. The molecule has 2 saturated carbocycles. The number of hydrogen-bond donors (Lipinski definition) is 2. The number of nitrogens with one attached hydrogen (secondary N) is 1. The molecule has 6 heterocycles. The van der Waals surface area contributed by atoms with Gasteiger partial charge in [-0.15, -0.1) is 35.1 Å². The Labute approximate surface area is 465 Å². The highest BCUT2D eigenvalue weighted by Crippen LogP contribution is 2.38. The molecule has 10 rings (SSSR count). The SMILES string of the molecule is Cc1cccc(Cl)c1S(=O)(=O)N(CCOCC(=O)N1CCc2sc(CN3CC(F)(F)C3)cc2C1)C1CC1.Cc1cccc(Cl)c1S(=O)(=O)N(CCOCC(=O)O)C1CC1.Cl.FC1(F)CN(Cc2cc3c(s2)CCNC3)C1. The summed E-state index contributed by atoms with van der Waals surface area (Å²) in [5, 5.41) is 12.2. The molecule has 0 spiro atoms. The Morgan fingerprint density at radius 2 is 1.20 bits per heavy atom. The molecule has 15 nitrogen and oxygen atoms in total. The number of carbonyl (C=O) groups excluding carboxylic acids is 1. The molecule has 26 heteroatoms. The largest absolute Gasteiger partial charge is 0.480 e. The van der Waals surface area contributed by atoms with Crippen LogP contribution in [0, 0.1) is 13.8 Å². The number of rotatable bonds is 20. The number of carbonyl (C=O) groups is 2. The van der Waals surface area contributed by atoms with E-state index in [0.29, 0.717) is 37.3 Å². The van der Waals surface area contributed by atoms with E-state index in [1.807, 2.05) is 11.0 Å². The summed E-state index contributed by atoms with van der Waals surface area (Å²) >= 11 is 15.7. The fraction of sp³-hybridized carbons (Fsp3) is 0.560. The highest BCUT2D eigenvalue weighted by atomic mass is 35.5. The van der Waals surface area contributed by atoms with E-state index in [-0.39, 0.29) is 109 Å². The molecule has 1 amide bonds. The minimum Gasteiger partial charge on any atom is -0.480 e. The number of carboxylic acids is 1. The van der Waals surface area contributed by atoms with Gasteiger partial charge in [-0.3, -0.25) is 14.6 Å². The van der Waals surface area contributed by atoms with E-state index >= 15 is 0 Å². The van der Waals surface area contributed by atoms with E-state index in [4.69, 9.17) is 37.8 Å². The van der Waals surface area contributed by atoms with E-state index in [0.717, 1.165) is 62.1 Å². The number of ether oxygens (including phenoxy) is 2. The molecule has 420 valence electrons. The summed E-state index contributed by atoms with van der Waals surface area (Å²) < 4.78 is 117. The molecular formula is C50H63Cl3F4N6O9S4. The minimum absolute atomic E-state index is 0. The van der Waals surface area contributed by atoms with Crippen LogP contribution in [0.5, 0.6) is 0 Å². The Bertz CT molecular complexity index is 2850. The topological polar surface area (TPSA) is 169 Å². The normalized spacial score (nSPS) is 19.0. The zero-order valence-corrected chi connectivity index (χ0v) is 47.7. The molecule has 2 saturated heterocycles. The maximum absolute atomic E-state index is 13.3. The molecule has 4 aliphatic heterocycles. The first-order chi connectivity index (χ1) is 35.5. The Balaban J connectivity index is 0.000000182. The van der Waals surface area contributed by atoms with E-state index in [9.17, 15) is 44.0 Å². The summed E-state index contributed by atoms with van der Waals surface area (Å²) in [5.74, 6) is -6.25. The number of thiophene rings is 2. The van der Waals surface area contributed by atoms with E-state index < -0.39 is 44.5 Å². The van der Waals surface area contributed by atoms with Crippen molar-refractivity contribution in [1.82, 2.24) is 28.6 Å². The highest BCUT2D eigenvalue weighted by molar-refractivity contribution is 7.89. The predicted molar refractivity (Wildman–Crippen MR) is 286 cm³/mol. The number of fused-ring (bicyclic) bond motifs is 2. The van der Waals surface area contributed by atoms with Crippen molar-refractivity contribution in [2.75, 3.05) is 78.8 Å². The monoisotopic (exact) mass is 1200 g/mol. The van der Waals surface area contributed by atoms with Crippen molar-refractivity contribution >= 4 is 90.2 Å². The lowest BCUT2D eigenvalue weighted by Gasteiger charge is -2.38. The van der Waals surface area contributed by atoms with Crippen molar-refractivity contribution in [2.45, 2.75) is 112 Å². The van der Waals surface area contributed by atoms with Gasteiger partial charge in [0.05, 0.1) is 49.4 Å². The number of likely N-dealkylation sites (tertiary alicyclic amines) is 2. The van der Waals surface area contributed by atoms with Crippen LogP contribution in [0.1, 0.15) is 67.4 Å². The molecule has 4 fully saturated rings. The van der Waals surface area contributed by atoms with Crippen LogP contribution in [-0.4, -0.2) is 160 Å². The number of amides is 1. The minimum atomic E-state index is -3.78. The Hall–Kier alpha value is -3.01. The summed E-state index contributed by atoms with van der Waals surface area (Å²) in [6, 6.07) is 14.0. The maximum Gasteiger partial charge on any atom is 0.329 e. The Morgan fingerprint density at radius 3 is 1.63 bits per heavy atom. The van der Waals surface area contributed by atoms with Crippen LogP contribution in [0.25, 0.3) is 0 Å². The molecule has 0 radical (unpaired) electrons. The van der Waals surface area contributed by atoms with Crippen molar-refractivity contribution in [3.63, 3.8) is 0 Å². The van der Waals surface area contributed by atoms with E-state index in [1.54, 1.807) is 82.7 Å². The average molecular weight is 1200 g/mol. The third-order valence-electron chi connectivity index (χ3n) is 13.4. The highest BCUT2D eigenvalue weighted by Gasteiger charge is 2.45. The zero-order valence-electron chi connectivity index (χ0n) is 42.1. The van der Waals surface area contributed by atoms with Crippen LogP contribution in [-0.2, 0) is 78.1 Å². The lowest BCUT2D eigenvalue weighted by atomic mass is 10.1. The van der Waals surface area contributed by atoms with E-state index in [1.165, 1.54) is 28.8 Å². The molecule has 4 aromatic rings. The third-order valence-corrected chi connectivity index (χ3v) is 21.0. The van der Waals surface area contributed by atoms with Gasteiger partial charge in [-0.1, -0.05) is 47.5 Å². The molecule has 6 aliphatic rings. The van der Waals surface area contributed by atoms with Crippen molar-refractivity contribution in [3.8, 4) is 0 Å². The van der Waals surface area contributed by atoms with Crippen LogP contribution in [0.4, 0.5) is 17.6 Å². The molecule has 2 N–H and O–H groups in total. The van der Waals surface area contributed by atoms with Crippen molar-refractivity contribution in [1.29, 1.82) is 0 Å². The average Bonchev–Trinajstić information content (AvgIpc) is 4.26. The molecule has 2 aromatic carbocycles. The lowest BCUT2D eigenvalue weighted by Crippen LogP contribution is -2.55. The fourth-order valence-corrected chi connectivity index (χ4v) is 16.9. The molecule has 0 bridgehead atoms. The quantitative estimate of drug-likeness (QED) is 0.0646. The summed E-state index contributed by atoms with van der Waals surface area (Å²) in [4.78, 5) is 33.6. The zero-order chi connectivity index (χ0) is 53.9. The second-order valence-corrected chi connectivity index (χ2v) is 26.7. The summed E-state index contributed by atoms with van der Waals surface area (Å²) in [6.07, 6.45) is 4.98. The molecule has 2 aromatic heterocycles.